The van der Waals surface area contributed by atoms with Gasteiger partial charge in [-0.2, -0.15) is 0 Å². The number of rotatable bonds is 4. The van der Waals surface area contributed by atoms with Crippen molar-refractivity contribution in [2.45, 2.75) is 18.9 Å². The van der Waals surface area contributed by atoms with Gasteiger partial charge in [-0.05, 0) is 12.1 Å². The van der Waals surface area contributed by atoms with Crippen molar-refractivity contribution >= 4 is 0 Å². The summed E-state index contributed by atoms with van der Waals surface area (Å²) in [5.74, 6) is 7.90. The van der Waals surface area contributed by atoms with Gasteiger partial charge in [0, 0.05) is 30.8 Å². The summed E-state index contributed by atoms with van der Waals surface area (Å²) < 4.78 is 0. The predicted molar refractivity (Wildman–Crippen MR) is 52.5 cm³/mol. The molecule has 68 valence electrons. The number of pyridine rings is 1. The third-order valence-corrected chi connectivity index (χ3v) is 1.78. The third-order valence-electron chi connectivity index (χ3n) is 1.78. The number of hydrogen-bond donors (Lipinski definition) is 2. The van der Waals surface area contributed by atoms with Gasteiger partial charge in [-0.3, -0.25) is 16.3 Å². The number of hydrazine groups is 1. The molecule has 1 aromatic rings. The van der Waals surface area contributed by atoms with E-state index in [1.54, 1.807) is 6.20 Å². The highest BCUT2D eigenvalue weighted by atomic mass is 15.2. The van der Waals surface area contributed by atoms with E-state index in [4.69, 9.17) is 12.3 Å². The second-order valence-electron chi connectivity index (χ2n) is 2.80. The van der Waals surface area contributed by atoms with Crippen molar-refractivity contribution in [1.29, 1.82) is 0 Å². The molecule has 0 aliphatic carbocycles. The molecule has 0 saturated carbocycles. The molecular weight excluding hydrogens is 162 g/mol. The van der Waals surface area contributed by atoms with Crippen LogP contribution in [0.4, 0.5) is 0 Å². The quantitative estimate of drug-likeness (QED) is 0.397. The Morgan fingerprint density at radius 1 is 1.62 bits per heavy atom. The molecule has 0 aromatic carbocycles. The molecule has 0 aliphatic rings. The van der Waals surface area contributed by atoms with E-state index in [2.05, 4.69) is 16.3 Å². The molecule has 0 fully saturated rings. The lowest BCUT2D eigenvalue weighted by atomic mass is 10.1. The van der Waals surface area contributed by atoms with Crippen LogP contribution < -0.4 is 11.3 Å². The monoisotopic (exact) mass is 175 g/mol. The van der Waals surface area contributed by atoms with Gasteiger partial charge in [0.05, 0.1) is 0 Å². The van der Waals surface area contributed by atoms with E-state index in [0.29, 0.717) is 6.42 Å². The molecule has 3 N–H and O–H groups in total. The first kappa shape index (κ1) is 9.72. The Labute approximate surface area is 78.3 Å². The molecule has 1 heterocycles. The van der Waals surface area contributed by atoms with E-state index in [0.717, 1.165) is 12.1 Å². The topological polar surface area (TPSA) is 50.9 Å². The summed E-state index contributed by atoms with van der Waals surface area (Å²) in [6.07, 6.45) is 8.34. The van der Waals surface area contributed by atoms with Gasteiger partial charge in [-0.25, -0.2) is 0 Å². The molecule has 0 radical (unpaired) electrons. The highest BCUT2D eigenvalue weighted by Crippen LogP contribution is 2.00. The van der Waals surface area contributed by atoms with Crippen LogP contribution in [0.15, 0.2) is 24.4 Å². The van der Waals surface area contributed by atoms with E-state index in [1.165, 1.54) is 0 Å². The largest absolute Gasteiger partial charge is 0.271 e. The lowest BCUT2D eigenvalue weighted by Gasteiger charge is -2.11. The summed E-state index contributed by atoms with van der Waals surface area (Å²) in [7, 11) is 0. The summed E-state index contributed by atoms with van der Waals surface area (Å²) in [4.78, 5) is 4.18. The van der Waals surface area contributed by atoms with Gasteiger partial charge in [-0.15, -0.1) is 12.3 Å². The summed E-state index contributed by atoms with van der Waals surface area (Å²) >= 11 is 0. The lowest BCUT2D eigenvalue weighted by molar-refractivity contribution is 0.531. The van der Waals surface area contributed by atoms with E-state index in [1.807, 2.05) is 18.2 Å². The molecule has 1 unspecified atom stereocenters. The van der Waals surface area contributed by atoms with Crippen molar-refractivity contribution in [3.63, 3.8) is 0 Å². The van der Waals surface area contributed by atoms with Crippen LogP contribution in [-0.4, -0.2) is 11.0 Å². The zero-order valence-corrected chi connectivity index (χ0v) is 7.40. The van der Waals surface area contributed by atoms with Crippen LogP contribution in [0, 0.1) is 12.3 Å². The fourth-order valence-corrected chi connectivity index (χ4v) is 1.10. The maximum atomic E-state index is 5.33. The fourth-order valence-electron chi connectivity index (χ4n) is 1.10. The average Bonchev–Trinajstić information content (AvgIpc) is 2.19. The van der Waals surface area contributed by atoms with Crippen LogP contribution in [0.2, 0.25) is 0 Å². The standard InChI is InChI=1S/C10H13N3/c1-2-5-10(13-11)8-9-6-3-4-7-12-9/h1,3-4,6-7,10,13H,5,8,11H2. The molecule has 0 saturated heterocycles. The van der Waals surface area contributed by atoms with Gasteiger partial charge in [0.1, 0.15) is 0 Å². The van der Waals surface area contributed by atoms with Crippen molar-refractivity contribution in [3.05, 3.63) is 30.1 Å². The number of hydrogen-bond acceptors (Lipinski definition) is 3. The molecule has 0 amide bonds. The predicted octanol–water partition coefficient (Wildman–Crippen LogP) is 0.479. The number of nitrogens with one attached hydrogen (secondary N) is 1. The second kappa shape index (κ2) is 5.31. The van der Waals surface area contributed by atoms with Gasteiger partial charge in [0.25, 0.3) is 0 Å². The van der Waals surface area contributed by atoms with E-state index < -0.39 is 0 Å². The average molecular weight is 175 g/mol. The third kappa shape index (κ3) is 3.24. The first-order valence-electron chi connectivity index (χ1n) is 4.16. The zero-order valence-electron chi connectivity index (χ0n) is 7.40. The van der Waals surface area contributed by atoms with Crippen LogP contribution >= 0.6 is 0 Å². The smallest absolute Gasteiger partial charge is 0.0420 e. The Bertz CT molecular complexity index is 276. The molecule has 1 aromatic heterocycles. The first-order chi connectivity index (χ1) is 6.36. The van der Waals surface area contributed by atoms with Gasteiger partial charge >= 0.3 is 0 Å². The summed E-state index contributed by atoms with van der Waals surface area (Å²) in [5, 5.41) is 0. The molecule has 0 spiro atoms. The SMILES string of the molecule is C#CCC(Cc1ccccn1)NN. The molecule has 0 bridgehead atoms. The Kier molecular flexibility index (Phi) is 3.97. The van der Waals surface area contributed by atoms with Crippen LogP contribution in [0.1, 0.15) is 12.1 Å². The van der Waals surface area contributed by atoms with Crippen LogP contribution in [0.3, 0.4) is 0 Å². The van der Waals surface area contributed by atoms with Crippen molar-refractivity contribution in [1.82, 2.24) is 10.4 Å². The minimum absolute atomic E-state index is 0.111. The number of nitrogens with two attached hydrogens (primary N) is 1. The minimum atomic E-state index is 0.111. The van der Waals surface area contributed by atoms with Gasteiger partial charge in [0.15, 0.2) is 0 Å². The van der Waals surface area contributed by atoms with Crippen LogP contribution in [0.25, 0.3) is 0 Å². The highest BCUT2D eigenvalue weighted by Gasteiger charge is 2.05. The Hall–Kier alpha value is -1.37. The lowest BCUT2D eigenvalue weighted by Crippen LogP contribution is -2.36. The van der Waals surface area contributed by atoms with Gasteiger partial charge < -0.3 is 0 Å². The molecule has 1 atom stereocenters. The summed E-state index contributed by atoms with van der Waals surface area (Å²) in [6.45, 7) is 0. The van der Waals surface area contributed by atoms with Gasteiger partial charge in [0.2, 0.25) is 0 Å². The maximum absolute atomic E-state index is 5.33. The fraction of sp³-hybridized carbons (Fsp3) is 0.300. The van der Waals surface area contributed by atoms with Crippen molar-refractivity contribution in [2.24, 2.45) is 5.84 Å². The van der Waals surface area contributed by atoms with Crippen LogP contribution in [0.5, 0.6) is 0 Å². The molecule has 13 heavy (non-hydrogen) atoms. The van der Waals surface area contributed by atoms with E-state index in [-0.39, 0.29) is 6.04 Å². The second-order valence-corrected chi connectivity index (χ2v) is 2.80. The van der Waals surface area contributed by atoms with Crippen molar-refractivity contribution in [3.8, 4) is 12.3 Å². The number of nitrogens with zero attached hydrogens (tertiary/aromatic N) is 1. The Balaban J connectivity index is 2.53. The normalized spacial score (nSPS) is 12.0. The zero-order chi connectivity index (χ0) is 9.52. The van der Waals surface area contributed by atoms with Crippen molar-refractivity contribution in [2.75, 3.05) is 0 Å². The van der Waals surface area contributed by atoms with Gasteiger partial charge in [-0.1, -0.05) is 6.07 Å². The number of terminal acetylenes is 1. The Morgan fingerprint density at radius 3 is 3.00 bits per heavy atom. The Morgan fingerprint density at radius 2 is 2.46 bits per heavy atom. The molecule has 3 heteroatoms. The molecule has 3 nitrogen and oxygen atoms in total. The van der Waals surface area contributed by atoms with E-state index >= 15 is 0 Å². The molecular formula is C10H13N3. The molecule has 1 rings (SSSR count). The summed E-state index contributed by atoms with van der Waals surface area (Å²) in [6, 6.07) is 5.90. The van der Waals surface area contributed by atoms with Crippen LogP contribution in [-0.2, 0) is 6.42 Å². The maximum Gasteiger partial charge on any atom is 0.0420 e. The molecule has 0 aliphatic heterocycles. The van der Waals surface area contributed by atoms with E-state index in [9.17, 15) is 0 Å². The number of aromatic nitrogens is 1. The van der Waals surface area contributed by atoms with Crippen molar-refractivity contribution < 1.29 is 0 Å². The first-order valence-corrected chi connectivity index (χ1v) is 4.16. The minimum Gasteiger partial charge on any atom is -0.271 e. The highest BCUT2D eigenvalue weighted by molar-refractivity contribution is 5.06. The summed E-state index contributed by atoms with van der Waals surface area (Å²) in [5.41, 5.74) is 3.67.